The highest BCUT2D eigenvalue weighted by Crippen LogP contribution is 2.22. The molecule has 1 aromatic carbocycles. The molecule has 0 aliphatic rings. The van der Waals surface area contributed by atoms with Gasteiger partial charge in [-0.1, -0.05) is 41.1 Å². The number of nitrogens with one attached hydrogen (secondary N) is 2. The van der Waals surface area contributed by atoms with Crippen LogP contribution in [-0.2, 0) is 4.79 Å². The van der Waals surface area contributed by atoms with E-state index < -0.39 is 0 Å². The van der Waals surface area contributed by atoms with Crippen LogP contribution in [0, 0.1) is 0 Å². The Bertz CT molecular complexity index is 395. The van der Waals surface area contributed by atoms with Crippen molar-refractivity contribution in [2.75, 3.05) is 6.54 Å². The highest BCUT2D eigenvalue weighted by atomic mass is 79.9. The van der Waals surface area contributed by atoms with Crippen molar-refractivity contribution in [2.45, 2.75) is 39.3 Å². The number of carbonyl (C=O) groups is 1. The molecule has 100 valence electrons. The third-order valence-corrected chi connectivity index (χ3v) is 3.54. The minimum atomic E-state index is -0.196. The highest BCUT2D eigenvalue weighted by Gasteiger charge is 2.16. The molecule has 0 aromatic heterocycles. The topological polar surface area (TPSA) is 41.1 Å². The van der Waals surface area contributed by atoms with E-state index in [1.165, 1.54) is 0 Å². The summed E-state index contributed by atoms with van der Waals surface area (Å²) < 4.78 is 1.06. The summed E-state index contributed by atoms with van der Waals surface area (Å²) in [7, 11) is 0. The Balaban J connectivity index is 2.57. The molecule has 2 unspecified atom stereocenters. The average Bonchev–Trinajstić information content (AvgIpc) is 2.36. The van der Waals surface area contributed by atoms with E-state index in [1.807, 2.05) is 32.0 Å². The molecule has 0 saturated carbocycles. The van der Waals surface area contributed by atoms with Gasteiger partial charge < -0.3 is 5.32 Å². The van der Waals surface area contributed by atoms with Gasteiger partial charge in [0, 0.05) is 17.1 Å². The summed E-state index contributed by atoms with van der Waals surface area (Å²) in [5.74, 6) is 0.0516. The molecule has 2 atom stereocenters. The maximum absolute atomic E-state index is 11.8. The van der Waals surface area contributed by atoms with Crippen molar-refractivity contribution in [3.63, 3.8) is 0 Å². The van der Waals surface area contributed by atoms with Gasteiger partial charge in [0.1, 0.15) is 0 Å². The van der Waals surface area contributed by atoms with Gasteiger partial charge >= 0.3 is 0 Å². The van der Waals surface area contributed by atoms with Crippen LogP contribution in [0.1, 0.15) is 38.8 Å². The minimum Gasteiger partial charge on any atom is -0.355 e. The van der Waals surface area contributed by atoms with Crippen molar-refractivity contribution in [3.05, 3.63) is 34.3 Å². The summed E-state index contributed by atoms with van der Waals surface area (Å²) in [5, 5.41) is 6.19. The van der Waals surface area contributed by atoms with Crippen LogP contribution in [-0.4, -0.2) is 18.5 Å². The molecule has 1 rings (SSSR count). The number of benzene rings is 1. The molecule has 0 saturated heterocycles. The van der Waals surface area contributed by atoms with E-state index >= 15 is 0 Å². The van der Waals surface area contributed by atoms with Crippen molar-refractivity contribution in [2.24, 2.45) is 0 Å². The van der Waals surface area contributed by atoms with Crippen molar-refractivity contribution in [1.82, 2.24) is 10.6 Å². The van der Waals surface area contributed by atoms with E-state index in [1.54, 1.807) is 0 Å². The standard InChI is InChI=1S/C14H21BrN2O/c1-4-9-16-14(18)11(3)17-10(2)12-7-5-6-8-13(12)15/h5-8,10-11,17H,4,9H2,1-3H3,(H,16,18). The highest BCUT2D eigenvalue weighted by molar-refractivity contribution is 9.10. The number of amides is 1. The number of halogens is 1. The van der Waals surface area contributed by atoms with Gasteiger partial charge in [0.25, 0.3) is 0 Å². The van der Waals surface area contributed by atoms with Crippen molar-refractivity contribution >= 4 is 21.8 Å². The monoisotopic (exact) mass is 312 g/mol. The van der Waals surface area contributed by atoms with Crippen molar-refractivity contribution in [3.8, 4) is 0 Å². The first-order valence-corrected chi connectivity index (χ1v) is 7.13. The normalized spacial score (nSPS) is 14.0. The van der Waals surface area contributed by atoms with E-state index in [2.05, 4.69) is 39.6 Å². The second-order valence-corrected chi connectivity index (χ2v) is 5.28. The van der Waals surface area contributed by atoms with E-state index in [4.69, 9.17) is 0 Å². The predicted octanol–water partition coefficient (Wildman–Crippen LogP) is 3.01. The predicted molar refractivity (Wildman–Crippen MR) is 78.5 cm³/mol. The first kappa shape index (κ1) is 15.2. The molecule has 0 aliphatic carbocycles. The fourth-order valence-corrected chi connectivity index (χ4v) is 2.40. The average molecular weight is 313 g/mol. The Labute approximate surface area is 117 Å². The van der Waals surface area contributed by atoms with Gasteiger partial charge in [-0.05, 0) is 31.9 Å². The SMILES string of the molecule is CCCNC(=O)C(C)NC(C)c1ccccc1Br. The Hall–Kier alpha value is -0.870. The lowest BCUT2D eigenvalue weighted by molar-refractivity contribution is -0.122. The van der Waals surface area contributed by atoms with Crippen LogP contribution < -0.4 is 10.6 Å². The Morgan fingerprint density at radius 2 is 2.00 bits per heavy atom. The maximum Gasteiger partial charge on any atom is 0.236 e. The van der Waals surface area contributed by atoms with E-state index in [0.29, 0.717) is 0 Å². The Morgan fingerprint density at radius 3 is 2.61 bits per heavy atom. The van der Waals surface area contributed by atoms with Gasteiger partial charge in [-0.15, -0.1) is 0 Å². The smallest absolute Gasteiger partial charge is 0.236 e. The molecule has 18 heavy (non-hydrogen) atoms. The van der Waals surface area contributed by atoms with Crippen LogP contribution in [0.25, 0.3) is 0 Å². The van der Waals surface area contributed by atoms with Gasteiger partial charge in [-0.2, -0.15) is 0 Å². The van der Waals surface area contributed by atoms with E-state index in [9.17, 15) is 4.79 Å². The minimum absolute atomic E-state index is 0.0516. The summed E-state index contributed by atoms with van der Waals surface area (Å²) in [6.07, 6.45) is 0.957. The van der Waals surface area contributed by atoms with Crippen LogP contribution in [0.15, 0.2) is 28.7 Å². The molecule has 0 spiro atoms. The number of carbonyl (C=O) groups excluding carboxylic acids is 1. The largest absolute Gasteiger partial charge is 0.355 e. The van der Waals surface area contributed by atoms with Crippen LogP contribution in [0.5, 0.6) is 0 Å². The summed E-state index contributed by atoms with van der Waals surface area (Å²) in [6, 6.07) is 7.98. The van der Waals surface area contributed by atoms with Gasteiger partial charge in [-0.3, -0.25) is 10.1 Å². The third kappa shape index (κ3) is 4.42. The maximum atomic E-state index is 11.8. The quantitative estimate of drug-likeness (QED) is 0.847. The molecule has 1 amide bonds. The fourth-order valence-electron chi connectivity index (χ4n) is 1.77. The van der Waals surface area contributed by atoms with Crippen LogP contribution in [0.2, 0.25) is 0 Å². The van der Waals surface area contributed by atoms with Crippen LogP contribution >= 0.6 is 15.9 Å². The Kier molecular flexibility index (Phi) is 6.36. The van der Waals surface area contributed by atoms with E-state index in [0.717, 1.165) is 23.0 Å². The fraction of sp³-hybridized carbons (Fsp3) is 0.500. The molecular weight excluding hydrogens is 292 g/mol. The molecular formula is C14H21BrN2O. The summed E-state index contributed by atoms with van der Waals surface area (Å²) in [5.41, 5.74) is 1.16. The molecule has 1 aromatic rings. The summed E-state index contributed by atoms with van der Waals surface area (Å²) in [4.78, 5) is 11.8. The number of rotatable bonds is 6. The van der Waals surface area contributed by atoms with Crippen LogP contribution in [0.4, 0.5) is 0 Å². The number of hydrogen-bond donors (Lipinski definition) is 2. The molecule has 0 heterocycles. The first-order chi connectivity index (χ1) is 8.56. The third-order valence-electron chi connectivity index (χ3n) is 2.81. The zero-order valence-corrected chi connectivity index (χ0v) is 12.8. The van der Waals surface area contributed by atoms with Crippen molar-refractivity contribution < 1.29 is 4.79 Å². The molecule has 3 nitrogen and oxygen atoms in total. The van der Waals surface area contributed by atoms with Crippen LogP contribution in [0.3, 0.4) is 0 Å². The molecule has 4 heteroatoms. The first-order valence-electron chi connectivity index (χ1n) is 6.34. The zero-order chi connectivity index (χ0) is 13.5. The second kappa shape index (κ2) is 7.54. The number of hydrogen-bond acceptors (Lipinski definition) is 2. The molecule has 0 aliphatic heterocycles. The molecule has 0 radical (unpaired) electrons. The Morgan fingerprint density at radius 1 is 1.33 bits per heavy atom. The van der Waals surface area contributed by atoms with Gasteiger partial charge in [0.05, 0.1) is 6.04 Å². The molecule has 0 bridgehead atoms. The van der Waals surface area contributed by atoms with Crippen molar-refractivity contribution in [1.29, 1.82) is 0 Å². The lowest BCUT2D eigenvalue weighted by Gasteiger charge is -2.20. The van der Waals surface area contributed by atoms with E-state index in [-0.39, 0.29) is 18.0 Å². The van der Waals surface area contributed by atoms with Gasteiger partial charge in [-0.25, -0.2) is 0 Å². The summed E-state index contributed by atoms with van der Waals surface area (Å²) in [6.45, 7) is 6.72. The lowest BCUT2D eigenvalue weighted by atomic mass is 10.1. The zero-order valence-electron chi connectivity index (χ0n) is 11.2. The molecule has 0 fully saturated rings. The second-order valence-electron chi connectivity index (χ2n) is 4.42. The van der Waals surface area contributed by atoms with Gasteiger partial charge in [0.15, 0.2) is 0 Å². The lowest BCUT2D eigenvalue weighted by Crippen LogP contribution is -2.43. The van der Waals surface area contributed by atoms with Gasteiger partial charge in [0.2, 0.25) is 5.91 Å². The molecule has 2 N–H and O–H groups in total. The summed E-state index contributed by atoms with van der Waals surface area (Å²) >= 11 is 3.53.